The fourth-order valence-electron chi connectivity index (χ4n) is 3.76. The third-order valence-electron chi connectivity index (χ3n) is 5.86. The number of thiocarbonyl (C=S) groups is 1. The minimum Gasteiger partial charge on any atom is -0.495 e. The molecule has 37 heavy (non-hydrogen) atoms. The van der Waals surface area contributed by atoms with Crippen LogP contribution in [-0.2, 0) is 0 Å². The lowest BCUT2D eigenvalue weighted by atomic mass is 10.0. The van der Waals surface area contributed by atoms with Gasteiger partial charge in [0, 0.05) is 11.1 Å². The minimum atomic E-state index is -0.339. The van der Waals surface area contributed by atoms with E-state index < -0.39 is 0 Å². The van der Waals surface area contributed by atoms with Crippen molar-refractivity contribution >= 4 is 40.0 Å². The molecule has 1 aromatic heterocycles. The smallest absolute Gasteiger partial charge is 0.257 e. The topological polar surface area (TPSA) is 85.6 Å². The molecule has 1 amide bonds. The van der Waals surface area contributed by atoms with Crippen molar-refractivity contribution in [2.24, 2.45) is 0 Å². The number of amides is 1. The van der Waals surface area contributed by atoms with Crippen LogP contribution in [0.15, 0.2) is 65.1 Å². The summed E-state index contributed by atoms with van der Waals surface area (Å²) in [6.45, 7) is 6.99. The summed E-state index contributed by atoms with van der Waals surface area (Å²) in [6, 6.07) is 18.6. The monoisotopic (exact) mass is 517 g/mol. The molecule has 7 nitrogen and oxygen atoms in total. The molecule has 3 aromatic carbocycles. The maximum atomic E-state index is 12.8. The molecule has 8 heteroatoms. The fourth-order valence-corrected chi connectivity index (χ4v) is 3.96. The van der Waals surface area contributed by atoms with Crippen LogP contribution >= 0.6 is 12.2 Å². The predicted molar refractivity (Wildman–Crippen MR) is 151 cm³/mol. The van der Waals surface area contributed by atoms with Crippen LogP contribution < -0.4 is 20.1 Å². The second-order valence-electron chi connectivity index (χ2n) is 8.95. The number of oxazole rings is 1. The molecule has 0 aliphatic rings. The molecule has 4 rings (SSSR count). The first-order valence-electron chi connectivity index (χ1n) is 12.3. The van der Waals surface area contributed by atoms with E-state index in [4.69, 9.17) is 26.1 Å². The van der Waals surface area contributed by atoms with Gasteiger partial charge in [-0.05, 0) is 78.7 Å². The van der Waals surface area contributed by atoms with Crippen molar-refractivity contribution < 1.29 is 18.7 Å². The van der Waals surface area contributed by atoms with E-state index in [1.807, 2.05) is 30.3 Å². The number of hydrogen-bond acceptors (Lipinski definition) is 6. The Bertz CT molecular complexity index is 1410. The summed E-state index contributed by atoms with van der Waals surface area (Å²) < 4.78 is 17.2. The van der Waals surface area contributed by atoms with Crippen molar-refractivity contribution in [3.63, 3.8) is 0 Å². The van der Waals surface area contributed by atoms with Crippen LogP contribution in [0.1, 0.15) is 55.5 Å². The molecule has 0 radical (unpaired) electrons. The molecule has 0 spiro atoms. The van der Waals surface area contributed by atoms with Gasteiger partial charge in [-0.1, -0.05) is 39.3 Å². The van der Waals surface area contributed by atoms with Gasteiger partial charge in [-0.25, -0.2) is 4.98 Å². The van der Waals surface area contributed by atoms with Gasteiger partial charge in [0.05, 0.1) is 19.4 Å². The van der Waals surface area contributed by atoms with E-state index in [9.17, 15) is 4.79 Å². The highest BCUT2D eigenvalue weighted by Crippen LogP contribution is 2.32. The first-order chi connectivity index (χ1) is 17.9. The molecule has 4 aromatic rings. The van der Waals surface area contributed by atoms with E-state index in [2.05, 4.69) is 42.5 Å². The molecule has 0 saturated heterocycles. The number of carbonyl (C=O) groups is 1. The third kappa shape index (κ3) is 6.46. The lowest BCUT2D eigenvalue weighted by Crippen LogP contribution is -2.34. The molecule has 0 bridgehead atoms. The molecular formula is C29H31N3O4S. The Balaban J connectivity index is 1.49. The van der Waals surface area contributed by atoms with Crippen molar-refractivity contribution in [3.8, 4) is 23.0 Å². The van der Waals surface area contributed by atoms with E-state index in [1.165, 1.54) is 5.56 Å². The normalized spacial score (nSPS) is 10.9. The molecule has 192 valence electrons. The first-order valence-corrected chi connectivity index (χ1v) is 12.7. The van der Waals surface area contributed by atoms with Crippen LogP contribution in [0.25, 0.3) is 22.6 Å². The maximum absolute atomic E-state index is 12.8. The van der Waals surface area contributed by atoms with E-state index in [0.717, 1.165) is 23.9 Å². The zero-order valence-corrected chi connectivity index (χ0v) is 22.3. The average molecular weight is 518 g/mol. The summed E-state index contributed by atoms with van der Waals surface area (Å²) in [4.78, 5) is 17.5. The Kier molecular flexibility index (Phi) is 8.40. The number of ether oxygens (including phenoxy) is 2. The van der Waals surface area contributed by atoms with Gasteiger partial charge in [-0.2, -0.15) is 0 Å². The van der Waals surface area contributed by atoms with Gasteiger partial charge in [-0.3, -0.25) is 10.1 Å². The van der Waals surface area contributed by atoms with Crippen LogP contribution in [-0.4, -0.2) is 29.7 Å². The van der Waals surface area contributed by atoms with Crippen molar-refractivity contribution in [1.29, 1.82) is 0 Å². The predicted octanol–water partition coefficient (Wildman–Crippen LogP) is 6.93. The number of rotatable bonds is 9. The Morgan fingerprint density at radius 3 is 2.70 bits per heavy atom. The number of carbonyl (C=O) groups excluding carboxylic acids is 1. The van der Waals surface area contributed by atoms with Crippen LogP contribution in [0.5, 0.6) is 11.5 Å². The summed E-state index contributed by atoms with van der Waals surface area (Å²) in [7, 11) is 1.57. The second-order valence-corrected chi connectivity index (χ2v) is 9.36. The highest BCUT2D eigenvalue weighted by molar-refractivity contribution is 7.80. The molecular weight excluding hydrogens is 486 g/mol. The number of aromatic nitrogens is 1. The van der Waals surface area contributed by atoms with Gasteiger partial charge in [0.2, 0.25) is 5.89 Å². The maximum Gasteiger partial charge on any atom is 0.257 e. The van der Waals surface area contributed by atoms with Gasteiger partial charge in [-0.15, -0.1) is 0 Å². The number of nitrogens with one attached hydrogen (secondary N) is 2. The number of nitrogens with zero attached hydrogens (tertiary/aromatic N) is 1. The van der Waals surface area contributed by atoms with Crippen LogP contribution in [0, 0.1) is 0 Å². The van der Waals surface area contributed by atoms with Crippen LogP contribution in [0.4, 0.5) is 5.69 Å². The Hall–Kier alpha value is -3.91. The Labute approximate surface area is 222 Å². The van der Waals surface area contributed by atoms with Gasteiger partial charge >= 0.3 is 0 Å². The fraction of sp³-hybridized carbons (Fsp3) is 0.276. The van der Waals surface area contributed by atoms with E-state index in [1.54, 1.807) is 31.4 Å². The zero-order chi connectivity index (χ0) is 26.4. The Morgan fingerprint density at radius 2 is 1.95 bits per heavy atom. The molecule has 0 aliphatic carbocycles. The summed E-state index contributed by atoms with van der Waals surface area (Å²) >= 11 is 5.42. The number of unbranched alkanes of at least 4 members (excludes halogenated alkanes) is 1. The highest BCUT2D eigenvalue weighted by Gasteiger charge is 2.15. The average Bonchev–Trinajstić information content (AvgIpc) is 3.32. The Morgan fingerprint density at radius 1 is 1.11 bits per heavy atom. The molecule has 0 fully saturated rings. The molecule has 0 saturated carbocycles. The first kappa shape index (κ1) is 26.2. The van der Waals surface area contributed by atoms with Gasteiger partial charge in [0.1, 0.15) is 17.0 Å². The number of anilines is 1. The van der Waals surface area contributed by atoms with Crippen LogP contribution in [0.2, 0.25) is 0 Å². The molecule has 0 unspecified atom stereocenters. The van der Waals surface area contributed by atoms with E-state index in [-0.39, 0.29) is 11.0 Å². The van der Waals surface area contributed by atoms with Crippen molar-refractivity contribution in [3.05, 3.63) is 71.8 Å². The third-order valence-corrected chi connectivity index (χ3v) is 6.07. The minimum absolute atomic E-state index is 0.136. The van der Waals surface area contributed by atoms with Gasteiger partial charge < -0.3 is 19.2 Å². The standard InChI is InChI=1S/C29H31N3O4S/c1-5-6-14-35-22-9-7-8-20(15-22)27(33)32-29(37)31-23-17-21(11-12-25(23)34-4)28-30-24-16-19(18(2)3)10-13-26(24)36-28/h7-13,15-18H,5-6,14H2,1-4H3,(H2,31,32,33,37). The van der Waals surface area contributed by atoms with E-state index >= 15 is 0 Å². The molecule has 2 N–H and O–H groups in total. The molecule has 1 heterocycles. The van der Waals surface area contributed by atoms with Gasteiger partial charge in [0.25, 0.3) is 5.91 Å². The highest BCUT2D eigenvalue weighted by atomic mass is 32.1. The van der Waals surface area contributed by atoms with Crippen molar-refractivity contribution in [2.45, 2.75) is 39.5 Å². The number of hydrogen-bond donors (Lipinski definition) is 2. The SMILES string of the molecule is CCCCOc1cccc(C(=O)NC(=S)Nc2cc(-c3nc4cc(C(C)C)ccc4o3)ccc2OC)c1. The summed E-state index contributed by atoms with van der Waals surface area (Å²) in [5, 5.41) is 5.92. The number of fused-ring (bicyclic) bond motifs is 1. The summed E-state index contributed by atoms with van der Waals surface area (Å²) in [5.74, 6) is 1.75. The second kappa shape index (κ2) is 11.9. The zero-order valence-electron chi connectivity index (χ0n) is 21.5. The lowest BCUT2D eigenvalue weighted by Gasteiger charge is -2.14. The van der Waals surface area contributed by atoms with Gasteiger partial charge in [0.15, 0.2) is 10.7 Å². The van der Waals surface area contributed by atoms with Crippen molar-refractivity contribution in [1.82, 2.24) is 10.3 Å². The van der Waals surface area contributed by atoms with Crippen LogP contribution in [0.3, 0.4) is 0 Å². The van der Waals surface area contributed by atoms with Crippen molar-refractivity contribution in [2.75, 3.05) is 19.0 Å². The molecule has 0 aliphatic heterocycles. The largest absolute Gasteiger partial charge is 0.495 e. The number of benzene rings is 3. The quantitative estimate of drug-likeness (QED) is 0.184. The lowest BCUT2D eigenvalue weighted by molar-refractivity contribution is 0.0977. The summed E-state index contributed by atoms with van der Waals surface area (Å²) in [5.41, 5.74) is 4.49. The number of methoxy groups -OCH3 is 1. The van der Waals surface area contributed by atoms with E-state index in [0.29, 0.717) is 46.7 Å². The summed E-state index contributed by atoms with van der Waals surface area (Å²) in [6.07, 6.45) is 1.99. The molecule has 0 atom stereocenters.